The molecule has 1 heterocycles. The van der Waals surface area contributed by atoms with E-state index < -0.39 is 4.92 Å². The van der Waals surface area contributed by atoms with Crippen molar-refractivity contribution in [1.82, 2.24) is 4.98 Å². The van der Waals surface area contributed by atoms with E-state index in [0.29, 0.717) is 12.4 Å². The molecule has 2 rings (SSSR count). The Morgan fingerprint density at radius 1 is 1.33 bits per heavy atom. The number of aromatic nitrogens is 1. The van der Waals surface area contributed by atoms with Crippen molar-refractivity contribution in [3.05, 3.63) is 52.1 Å². The highest BCUT2D eigenvalue weighted by Gasteiger charge is 2.11. The Balaban J connectivity index is 2.19. The number of anilines is 2. The quantitative estimate of drug-likeness (QED) is 0.422. The van der Waals surface area contributed by atoms with E-state index in [4.69, 9.17) is 10.6 Å². The van der Waals surface area contributed by atoms with Gasteiger partial charge in [-0.3, -0.25) is 10.1 Å². The molecule has 0 unspecified atom stereocenters. The van der Waals surface area contributed by atoms with Gasteiger partial charge in [0.05, 0.1) is 24.2 Å². The maximum Gasteiger partial charge on any atom is 0.276 e. The Morgan fingerprint density at radius 2 is 2.05 bits per heavy atom. The highest BCUT2D eigenvalue weighted by atomic mass is 16.6. The summed E-state index contributed by atoms with van der Waals surface area (Å²) in [5, 5.41) is 13.9. The molecule has 0 spiro atoms. The Morgan fingerprint density at radius 3 is 2.71 bits per heavy atom. The minimum Gasteiger partial charge on any atom is -0.496 e. The van der Waals surface area contributed by atoms with Crippen molar-refractivity contribution in [2.75, 3.05) is 17.9 Å². The number of hydrazine groups is 1. The molecule has 0 atom stereocenters. The summed E-state index contributed by atoms with van der Waals surface area (Å²) in [5.41, 5.74) is 3.12. The van der Waals surface area contributed by atoms with Gasteiger partial charge in [0, 0.05) is 12.1 Å². The third-order valence-corrected chi connectivity index (χ3v) is 2.82. The maximum atomic E-state index is 10.9. The van der Waals surface area contributed by atoms with Gasteiger partial charge in [0.2, 0.25) is 0 Å². The number of nitro groups is 1. The van der Waals surface area contributed by atoms with Crippen molar-refractivity contribution in [1.29, 1.82) is 0 Å². The van der Waals surface area contributed by atoms with Crippen LogP contribution in [0.1, 0.15) is 5.56 Å². The van der Waals surface area contributed by atoms with Crippen molar-refractivity contribution in [3.8, 4) is 5.75 Å². The van der Waals surface area contributed by atoms with Crippen LogP contribution in [0.4, 0.5) is 17.3 Å². The number of rotatable bonds is 6. The van der Waals surface area contributed by atoms with Crippen molar-refractivity contribution < 1.29 is 9.66 Å². The molecule has 21 heavy (non-hydrogen) atoms. The molecule has 0 aliphatic carbocycles. The minimum atomic E-state index is -0.503. The van der Waals surface area contributed by atoms with Crippen molar-refractivity contribution in [2.45, 2.75) is 6.54 Å². The van der Waals surface area contributed by atoms with Crippen molar-refractivity contribution in [2.24, 2.45) is 5.84 Å². The highest BCUT2D eigenvalue weighted by molar-refractivity contribution is 5.54. The van der Waals surface area contributed by atoms with Gasteiger partial charge >= 0.3 is 0 Å². The molecule has 0 bridgehead atoms. The fourth-order valence-corrected chi connectivity index (χ4v) is 1.82. The van der Waals surface area contributed by atoms with E-state index in [-0.39, 0.29) is 11.5 Å². The van der Waals surface area contributed by atoms with Crippen molar-refractivity contribution >= 4 is 17.3 Å². The summed E-state index contributed by atoms with van der Waals surface area (Å²) >= 11 is 0. The summed E-state index contributed by atoms with van der Waals surface area (Å²) in [5.74, 6) is 6.55. The van der Waals surface area contributed by atoms with Gasteiger partial charge in [-0.2, -0.15) is 0 Å². The van der Waals surface area contributed by atoms with Gasteiger partial charge in [0.15, 0.2) is 0 Å². The smallest absolute Gasteiger partial charge is 0.276 e. The molecule has 0 radical (unpaired) electrons. The fraction of sp³-hybridized carbons (Fsp3) is 0.154. The van der Waals surface area contributed by atoms with Crippen LogP contribution in [0, 0.1) is 10.1 Å². The van der Waals surface area contributed by atoms with Crippen LogP contribution in [0.15, 0.2) is 36.4 Å². The van der Waals surface area contributed by atoms with Crippen LogP contribution in [0.5, 0.6) is 5.75 Å². The largest absolute Gasteiger partial charge is 0.496 e. The monoisotopic (exact) mass is 289 g/mol. The second kappa shape index (κ2) is 6.53. The Kier molecular flexibility index (Phi) is 4.52. The topological polar surface area (TPSA) is 115 Å². The summed E-state index contributed by atoms with van der Waals surface area (Å²) in [7, 11) is 1.58. The summed E-state index contributed by atoms with van der Waals surface area (Å²) in [4.78, 5) is 14.5. The molecular weight excluding hydrogens is 274 g/mol. The third-order valence-electron chi connectivity index (χ3n) is 2.82. The van der Waals surface area contributed by atoms with Crippen molar-refractivity contribution in [3.63, 3.8) is 0 Å². The first kappa shape index (κ1) is 14.5. The fourth-order valence-electron chi connectivity index (χ4n) is 1.82. The van der Waals surface area contributed by atoms with E-state index in [2.05, 4.69) is 15.7 Å². The van der Waals surface area contributed by atoms with Crippen LogP contribution < -0.4 is 21.3 Å². The molecule has 1 aromatic heterocycles. The number of nitrogens with zero attached hydrogens (tertiary/aromatic N) is 2. The lowest BCUT2D eigenvalue weighted by Gasteiger charge is -2.10. The number of nitrogens with two attached hydrogens (primary N) is 1. The average molecular weight is 289 g/mol. The zero-order chi connectivity index (χ0) is 15.2. The molecule has 0 aliphatic rings. The summed E-state index contributed by atoms with van der Waals surface area (Å²) in [6.07, 6.45) is 0. The Labute approximate surface area is 121 Å². The van der Waals surface area contributed by atoms with Crippen LogP contribution >= 0.6 is 0 Å². The summed E-state index contributed by atoms with van der Waals surface area (Å²) < 4.78 is 5.24. The normalized spacial score (nSPS) is 10.0. The standard InChI is InChI=1S/C13H15N5O3/c1-21-11-5-3-2-4-9(11)8-15-12-6-10(18(19)20)7-13(16-12)17-14/h2-7H,8,14H2,1H3,(H2,15,16,17). The molecule has 1 aromatic carbocycles. The zero-order valence-corrected chi connectivity index (χ0v) is 11.4. The SMILES string of the molecule is COc1ccccc1CNc1cc([N+](=O)[O-])cc(NN)n1. The minimum absolute atomic E-state index is 0.0968. The van der Waals surface area contributed by atoms with Gasteiger partial charge < -0.3 is 15.5 Å². The molecule has 4 N–H and O–H groups in total. The molecule has 0 fully saturated rings. The number of nitrogen functional groups attached to an aromatic ring is 1. The van der Waals surface area contributed by atoms with E-state index in [1.165, 1.54) is 12.1 Å². The molecule has 110 valence electrons. The van der Waals surface area contributed by atoms with E-state index in [1.54, 1.807) is 7.11 Å². The van der Waals surface area contributed by atoms with Crippen LogP contribution in [-0.4, -0.2) is 17.0 Å². The number of nitrogens with one attached hydrogen (secondary N) is 2. The zero-order valence-electron chi connectivity index (χ0n) is 11.4. The predicted octanol–water partition coefficient (Wildman–Crippen LogP) is 1.90. The molecule has 0 aliphatic heterocycles. The van der Waals surface area contributed by atoms with Gasteiger partial charge in [-0.05, 0) is 6.07 Å². The number of ether oxygens (including phenoxy) is 1. The molecular formula is C13H15N5O3. The van der Waals surface area contributed by atoms with E-state index in [0.717, 1.165) is 11.3 Å². The van der Waals surface area contributed by atoms with Crippen LogP contribution in [0.25, 0.3) is 0 Å². The first-order valence-corrected chi connectivity index (χ1v) is 6.13. The second-order valence-corrected chi connectivity index (χ2v) is 4.16. The molecule has 0 saturated carbocycles. The highest BCUT2D eigenvalue weighted by Crippen LogP contribution is 2.22. The second-order valence-electron chi connectivity index (χ2n) is 4.16. The molecule has 2 aromatic rings. The first-order chi connectivity index (χ1) is 10.1. The lowest BCUT2D eigenvalue weighted by molar-refractivity contribution is -0.384. The number of hydrogen-bond acceptors (Lipinski definition) is 7. The van der Waals surface area contributed by atoms with Gasteiger partial charge in [-0.25, -0.2) is 10.8 Å². The molecule has 0 amide bonds. The molecule has 8 heteroatoms. The third kappa shape index (κ3) is 3.57. The van der Waals surface area contributed by atoms with Gasteiger partial charge in [0.1, 0.15) is 17.4 Å². The molecule has 8 nitrogen and oxygen atoms in total. The lowest BCUT2D eigenvalue weighted by Crippen LogP contribution is -2.11. The average Bonchev–Trinajstić information content (AvgIpc) is 2.52. The maximum absolute atomic E-state index is 10.9. The number of methoxy groups -OCH3 is 1. The first-order valence-electron chi connectivity index (χ1n) is 6.13. The van der Waals surface area contributed by atoms with E-state index in [9.17, 15) is 10.1 Å². The van der Waals surface area contributed by atoms with Crippen LogP contribution in [0.2, 0.25) is 0 Å². The Bertz CT molecular complexity index is 647. The number of pyridine rings is 1. The lowest BCUT2D eigenvalue weighted by atomic mass is 10.2. The van der Waals surface area contributed by atoms with Crippen LogP contribution in [0.3, 0.4) is 0 Å². The van der Waals surface area contributed by atoms with E-state index in [1.807, 2.05) is 24.3 Å². The summed E-state index contributed by atoms with van der Waals surface area (Å²) in [6, 6.07) is 10.1. The molecule has 0 saturated heterocycles. The Hall–Kier alpha value is -2.87. The summed E-state index contributed by atoms with van der Waals surface area (Å²) in [6.45, 7) is 0.419. The number of benzene rings is 1. The van der Waals surface area contributed by atoms with Gasteiger partial charge in [-0.15, -0.1) is 0 Å². The van der Waals surface area contributed by atoms with E-state index >= 15 is 0 Å². The number of para-hydroxylation sites is 1. The van der Waals surface area contributed by atoms with Gasteiger partial charge in [-0.1, -0.05) is 18.2 Å². The predicted molar refractivity (Wildman–Crippen MR) is 79.0 cm³/mol. The number of hydrogen-bond donors (Lipinski definition) is 3. The van der Waals surface area contributed by atoms with Gasteiger partial charge in [0.25, 0.3) is 5.69 Å². The van der Waals surface area contributed by atoms with Crippen LogP contribution in [-0.2, 0) is 6.54 Å².